The lowest BCUT2D eigenvalue weighted by atomic mass is 9.99. The summed E-state index contributed by atoms with van der Waals surface area (Å²) in [6.45, 7) is 4.25. The number of halogens is 3. The Hall–Kier alpha value is -2.78. The van der Waals surface area contributed by atoms with E-state index in [1.165, 1.54) is 34.1 Å². The summed E-state index contributed by atoms with van der Waals surface area (Å²) in [4.78, 5) is 52.3. The highest BCUT2D eigenvalue weighted by Gasteiger charge is 2.57. The maximum absolute atomic E-state index is 15.6. The van der Waals surface area contributed by atoms with Gasteiger partial charge in [0.25, 0.3) is 18.5 Å². The number of ether oxygens (including phenoxy) is 3. The van der Waals surface area contributed by atoms with Crippen molar-refractivity contribution < 1.29 is 37.8 Å². The molecule has 2 N–H and O–H groups in total. The topological polar surface area (TPSA) is 164 Å². The highest BCUT2D eigenvalue weighted by molar-refractivity contribution is 7.59. The molecule has 4 rings (SSSR count). The third-order valence-corrected chi connectivity index (χ3v) is 9.45. The number of nitrogens with one attached hydrogen (secondary N) is 2. The van der Waals surface area contributed by atoms with E-state index in [9.17, 15) is 23.7 Å². The van der Waals surface area contributed by atoms with Gasteiger partial charge < -0.3 is 18.7 Å². The molecule has 2 aromatic rings. The number of methoxy groups -OCH3 is 1. The molecule has 17 heteroatoms. The van der Waals surface area contributed by atoms with Crippen LogP contribution in [0.15, 0.2) is 31.6 Å². The van der Waals surface area contributed by atoms with E-state index < -0.39 is 97.8 Å². The van der Waals surface area contributed by atoms with Gasteiger partial charge in [-0.2, -0.15) is 8.78 Å². The van der Waals surface area contributed by atoms with Crippen LogP contribution in [0.5, 0.6) is 0 Å². The summed E-state index contributed by atoms with van der Waals surface area (Å²) in [5, 5.41) is 0. The first-order chi connectivity index (χ1) is 19.5. The maximum Gasteiger partial charge on any atom is 0.330 e. The Morgan fingerprint density at radius 3 is 2.07 bits per heavy atom. The van der Waals surface area contributed by atoms with Gasteiger partial charge in [0, 0.05) is 51.0 Å². The number of nitrogens with zero attached hydrogens (tertiary/aromatic N) is 2. The molecule has 2 aliphatic heterocycles. The highest BCUT2D eigenvalue weighted by Crippen LogP contribution is 2.63. The molecule has 0 saturated carbocycles. The van der Waals surface area contributed by atoms with Crippen molar-refractivity contribution in [2.45, 2.75) is 82.8 Å². The molecule has 0 aliphatic carbocycles. The number of alkyl halides is 3. The minimum Gasteiger partial charge on any atom is -0.374 e. The smallest absolute Gasteiger partial charge is 0.330 e. The van der Waals surface area contributed by atoms with Gasteiger partial charge in [-0.05, 0) is 20.7 Å². The minimum absolute atomic E-state index is 0.0753. The van der Waals surface area contributed by atoms with Gasteiger partial charge in [-0.1, -0.05) is 6.92 Å². The van der Waals surface area contributed by atoms with Crippen molar-refractivity contribution >= 4 is 7.37 Å². The van der Waals surface area contributed by atoms with Crippen LogP contribution in [0.25, 0.3) is 0 Å². The average molecular weight is 610 g/mol. The van der Waals surface area contributed by atoms with Crippen molar-refractivity contribution in [1.29, 1.82) is 0 Å². The van der Waals surface area contributed by atoms with Crippen molar-refractivity contribution in [1.82, 2.24) is 19.1 Å². The molecule has 13 nitrogen and oxygen atoms in total. The summed E-state index contributed by atoms with van der Waals surface area (Å²) < 4.78 is 91.6. The Balaban J connectivity index is 1.57. The van der Waals surface area contributed by atoms with Gasteiger partial charge in [0.05, 0.1) is 12.2 Å². The molecule has 0 aromatic carbocycles. The average Bonchev–Trinajstić information content (AvgIpc) is 3.39. The third-order valence-electron chi connectivity index (χ3n) is 7.44. The van der Waals surface area contributed by atoms with E-state index in [1.54, 1.807) is 0 Å². The van der Waals surface area contributed by atoms with Crippen molar-refractivity contribution in [2.75, 3.05) is 13.8 Å². The molecule has 228 valence electrons. The van der Waals surface area contributed by atoms with E-state index in [0.717, 1.165) is 15.3 Å². The van der Waals surface area contributed by atoms with Crippen LogP contribution < -0.4 is 22.5 Å². The van der Waals surface area contributed by atoms with Crippen LogP contribution in [0.1, 0.15) is 45.2 Å². The summed E-state index contributed by atoms with van der Waals surface area (Å²) in [6, 6.07) is 0. The van der Waals surface area contributed by atoms with Gasteiger partial charge in [0.2, 0.25) is 0 Å². The van der Waals surface area contributed by atoms with Crippen LogP contribution in [0, 0.1) is 19.8 Å². The zero-order valence-electron chi connectivity index (χ0n) is 23.8. The number of aromatic nitrogens is 4. The molecule has 41 heavy (non-hydrogen) atoms. The van der Waals surface area contributed by atoms with E-state index >= 15 is 13.2 Å². The standard InChI is InChI=1S/C24H32F3N4O9P/c1-10-8-30(22(34)28-18(10)32)20-15(25)12(3)14(39-20)7-24(26,27)41(6,36)40-16-13(4)38-21(17(16)37-5)31-9-11(2)19(33)29-23(31)35/h8-9,12-17,20-21H,7H2,1-6H3,(H,28,32,34)(H,29,33,35)/t12-,13-,14-,15-,16-,17-,20-,21-,41?/m1/s1/i4D. The number of rotatable bonds is 8. The summed E-state index contributed by atoms with van der Waals surface area (Å²) in [7, 11) is -3.77. The molecule has 2 aromatic heterocycles. The van der Waals surface area contributed by atoms with Gasteiger partial charge in [-0.3, -0.25) is 33.3 Å². The summed E-state index contributed by atoms with van der Waals surface area (Å²) in [6.07, 6.45) is -9.37. The van der Waals surface area contributed by atoms with Gasteiger partial charge >= 0.3 is 17.0 Å². The number of hydrogen-bond donors (Lipinski definition) is 2. The first-order valence-electron chi connectivity index (χ1n) is 13.3. The Morgan fingerprint density at radius 2 is 1.56 bits per heavy atom. The molecule has 0 bridgehead atoms. The van der Waals surface area contributed by atoms with Crippen LogP contribution in [0.4, 0.5) is 13.2 Å². The second-order valence-corrected chi connectivity index (χ2v) is 12.9. The molecule has 9 atom stereocenters. The van der Waals surface area contributed by atoms with E-state index in [1.807, 2.05) is 4.98 Å². The second kappa shape index (κ2) is 11.1. The predicted octanol–water partition coefficient (Wildman–Crippen LogP) is 1.78. The van der Waals surface area contributed by atoms with Crippen LogP contribution in [0.3, 0.4) is 0 Å². The largest absolute Gasteiger partial charge is 0.374 e. The minimum atomic E-state index is -4.95. The summed E-state index contributed by atoms with van der Waals surface area (Å²) >= 11 is 0. The van der Waals surface area contributed by atoms with E-state index in [0.29, 0.717) is 6.66 Å². The Bertz CT molecular complexity index is 1610. The normalized spacial score (nSPS) is 32.1. The fourth-order valence-corrected chi connectivity index (χ4v) is 6.26. The predicted molar refractivity (Wildman–Crippen MR) is 138 cm³/mol. The van der Waals surface area contributed by atoms with Crippen LogP contribution in [-0.2, 0) is 23.3 Å². The SMILES string of the molecule is [2H]C[C@H]1O[C@@H](n2cc(C)c(=O)[nH]c2=O)[C@H](OC)[C@@H]1OP(C)(=O)C(F)(F)C[C@H]1O[C@@H](n2cc(C)c(=O)[nH]c2=O)[C@H](F)[C@@H]1C. The lowest BCUT2D eigenvalue weighted by Crippen LogP contribution is -2.40. The van der Waals surface area contributed by atoms with Gasteiger partial charge in [0.1, 0.15) is 12.2 Å². The molecule has 2 aliphatic rings. The number of aryl methyl sites for hydroxylation is 2. The number of H-pyrrole nitrogens is 2. The van der Waals surface area contributed by atoms with Crippen LogP contribution in [-0.4, -0.2) is 69.1 Å². The molecule has 2 saturated heterocycles. The molecular weight excluding hydrogens is 576 g/mol. The Morgan fingerprint density at radius 1 is 1.02 bits per heavy atom. The lowest BCUT2D eigenvalue weighted by molar-refractivity contribution is -0.0631. The lowest BCUT2D eigenvalue weighted by Gasteiger charge is -2.31. The summed E-state index contributed by atoms with van der Waals surface area (Å²) in [5.41, 5.74) is -7.07. The van der Waals surface area contributed by atoms with Gasteiger partial charge in [0.15, 0.2) is 18.6 Å². The third kappa shape index (κ3) is 5.67. The first-order valence-corrected chi connectivity index (χ1v) is 14.6. The van der Waals surface area contributed by atoms with Crippen molar-refractivity contribution in [3.63, 3.8) is 0 Å². The molecule has 4 heterocycles. The molecule has 1 unspecified atom stereocenters. The zero-order chi connectivity index (χ0) is 31.3. The van der Waals surface area contributed by atoms with Crippen molar-refractivity contribution in [3.8, 4) is 0 Å². The van der Waals surface area contributed by atoms with Crippen LogP contribution >= 0.6 is 7.37 Å². The highest BCUT2D eigenvalue weighted by atomic mass is 31.2. The molecule has 0 spiro atoms. The molecular formula is C24H32F3N4O9P. The van der Waals surface area contributed by atoms with E-state index in [2.05, 4.69) is 4.98 Å². The Kier molecular flexibility index (Phi) is 8.07. The fourth-order valence-electron chi connectivity index (χ4n) is 4.87. The van der Waals surface area contributed by atoms with Gasteiger partial charge in [-0.15, -0.1) is 0 Å². The number of aromatic amines is 2. The first kappa shape index (κ1) is 29.7. The monoisotopic (exact) mass is 609 g/mol. The van der Waals surface area contributed by atoms with Gasteiger partial charge in [-0.25, -0.2) is 14.0 Å². The van der Waals surface area contributed by atoms with E-state index in [-0.39, 0.29) is 11.1 Å². The van der Waals surface area contributed by atoms with Crippen molar-refractivity contribution in [2.24, 2.45) is 5.92 Å². The Labute approximate surface area is 232 Å². The van der Waals surface area contributed by atoms with Crippen LogP contribution in [0.2, 0.25) is 0 Å². The quantitative estimate of drug-likeness (QED) is 0.425. The van der Waals surface area contributed by atoms with Crippen molar-refractivity contribution in [3.05, 3.63) is 65.2 Å². The molecule has 0 radical (unpaired) electrons. The molecule has 2 fully saturated rings. The summed E-state index contributed by atoms with van der Waals surface area (Å²) in [5.74, 6) is -1.16. The number of hydrogen-bond acceptors (Lipinski definition) is 9. The van der Waals surface area contributed by atoms with E-state index in [4.69, 9.17) is 20.1 Å². The second-order valence-electron chi connectivity index (χ2n) is 10.4. The fraction of sp³-hybridized carbons (Fsp3) is 0.667. The zero-order valence-corrected chi connectivity index (χ0v) is 23.7. The maximum atomic E-state index is 15.6. The molecule has 0 amide bonds.